The number of nitrogens with one attached hydrogen (secondary N) is 1. The van der Waals surface area contributed by atoms with E-state index in [9.17, 15) is 13.2 Å². The number of aromatic nitrogens is 3. The first-order chi connectivity index (χ1) is 15.0. The van der Waals surface area contributed by atoms with Gasteiger partial charge in [0.05, 0.1) is 18.0 Å². The van der Waals surface area contributed by atoms with Crippen molar-refractivity contribution in [3.8, 4) is 11.5 Å². The van der Waals surface area contributed by atoms with Gasteiger partial charge in [-0.05, 0) is 41.8 Å². The molecule has 0 fully saturated rings. The Morgan fingerprint density at radius 1 is 1.23 bits per heavy atom. The van der Waals surface area contributed by atoms with Crippen molar-refractivity contribution in [2.45, 2.75) is 24.2 Å². The zero-order chi connectivity index (χ0) is 21.4. The predicted molar refractivity (Wildman–Crippen MR) is 107 cm³/mol. The first kappa shape index (κ1) is 19.6. The molecular weight excluding hydrogens is 433 g/mol. The van der Waals surface area contributed by atoms with Crippen molar-refractivity contribution in [1.82, 2.24) is 14.9 Å². The fraction of sp³-hybridized carbons (Fsp3) is 0.200. The van der Waals surface area contributed by atoms with Crippen LogP contribution in [0.5, 0.6) is 11.5 Å². The summed E-state index contributed by atoms with van der Waals surface area (Å²) >= 11 is 0.947. The maximum absolute atomic E-state index is 12.7. The van der Waals surface area contributed by atoms with Crippen LogP contribution in [0.3, 0.4) is 0 Å². The number of hydrogen-bond donors (Lipinski definition) is 1. The van der Waals surface area contributed by atoms with Crippen LogP contribution < -0.4 is 14.2 Å². The van der Waals surface area contributed by atoms with Crippen LogP contribution >= 0.6 is 11.9 Å². The van der Waals surface area contributed by atoms with Crippen molar-refractivity contribution < 1.29 is 27.2 Å². The van der Waals surface area contributed by atoms with Gasteiger partial charge in [0.1, 0.15) is 16.9 Å². The average Bonchev–Trinajstić information content (AvgIpc) is 3.47. The second-order valence-electron chi connectivity index (χ2n) is 6.75. The Balaban J connectivity index is 1.44. The summed E-state index contributed by atoms with van der Waals surface area (Å²) in [5.41, 5.74) is 2.58. The zero-order valence-corrected chi connectivity index (χ0v) is 16.7. The Morgan fingerprint density at radius 3 is 2.90 bits per heavy atom. The van der Waals surface area contributed by atoms with Crippen LogP contribution in [0.25, 0.3) is 11.0 Å². The quantitative estimate of drug-likeness (QED) is 0.415. The molecule has 2 aromatic heterocycles. The molecule has 0 saturated carbocycles. The Morgan fingerprint density at radius 2 is 2.10 bits per heavy atom. The molecule has 0 amide bonds. The zero-order valence-electron chi connectivity index (χ0n) is 15.8. The van der Waals surface area contributed by atoms with Gasteiger partial charge in [-0.3, -0.25) is 4.68 Å². The van der Waals surface area contributed by atoms with Crippen LogP contribution in [-0.4, -0.2) is 27.9 Å². The summed E-state index contributed by atoms with van der Waals surface area (Å²) in [6.07, 6.45) is -0.459. The van der Waals surface area contributed by atoms with Crippen molar-refractivity contribution in [3.63, 3.8) is 0 Å². The highest BCUT2D eigenvalue weighted by Crippen LogP contribution is 2.42. The number of benzene rings is 2. The summed E-state index contributed by atoms with van der Waals surface area (Å²) in [6, 6.07) is 9.61. The number of fused-ring (bicyclic) bond motifs is 3. The Labute approximate surface area is 178 Å². The summed E-state index contributed by atoms with van der Waals surface area (Å²) in [5, 5.41) is 8.95. The topological polar surface area (TPSA) is 74.3 Å². The van der Waals surface area contributed by atoms with Crippen molar-refractivity contribution in [3.05, 3.63) is 59.9 Å². The van der Waals surface area contributed by atoms with Gasteiger partial charge < -0.3 is 18.7 Å². The highest BCUT2D eigenvalue weighted by molar-refractivity contribution is 8.00. The lowest BCUT2D eigenvalue weighted by Gasteiger charge is -2.13. The largest absolute Gasteiger partial charge is 0.573 e. The third kappa shape index (κ3) is 4.00. The van der Waals surface area contributed by atoms with E-state index in [1.165, 1.54) is 18.2 Å². The fourth-order valence-corrected chi connectivity index (χ4v) is 4.18. The molecule has 1 N–H and O–H groups in total. The number of nitrogens with zero attached hydrogens (tertiary/aromatic N) is 3. The van der Waals surface area contributed by atoms with Crippen molar-refractivity contribution >= 4 is 28.7 Å². The SMILES string of the molecule is FC(F)(F)Oc1ccccc1SNc1noc2cc(Cn3cccn3)c3c(c12)OCC3. The van der Waals surface area contributed by atoms with E-state index >= 15 is 0 Å². The van der Waals surface area contributed by atoms with Gasteiger partial charge in [-0.2, -0.15) is 5.10 Å². The van der Waals surface area contributed by atoms with E-state index in [-0.39, 0.29) is 10.6 Å². The molecule has 0 atom stereocenters. The molecule has 3 heterocycles. The molecule has 0 bridgehead atoms. The van der Waals surface area contributed by atoms with Gasteiger partial charge in [-0.15, -0.1) is 13.2 Å². The van der Waals surface area contributed by atoms with Gasteiger partial charge in [0.15, 0.2) is 11.4 Å². The van der Waals surface area contributed by atoms with Crippen molar-refractivity contribution in [2.75, 3.05) is 11.3 Å². The summed E-state index contributed by atoms with van der Waals surface area (Å²) in [4.78, 5) is 0.254. The van der Waals surface area contributed by atoms with Gasteiger partial charge in [0.2, 0.25) is 0 Å². The molecule has 5 rings (SSSR count). The minimum absolute atomic E-state index is 0.254. The third-order valence-corrected chi connectivity index (χ3v) is 5.59. The van der Waals surface area contributed by atoms with E-state index in [0.29, 0.717) is 35.7 Å². The van der Waals surface area contributed by atoms with Gasteiger partial charge in [0, 0.05) is 24.4 Å². The fourth-order valence-electron chi connectivity index (χ4n) is 3.48. The lowest BCUT2D eigenvalue weighted by molar-refractivity contribution is -0.275. The monoisotopic (exact) mass is 448 g/mol. The number of anilines is 1. The minimum atomic E-state index is -4.78. The normalized spacial score (nSPS) is 13.3. The number of halogens is 3. The summed E-state index contributed by atoms with van der Waals surface area (Å²) in [5.74, 6) is 0.734. The molecule has 11 heteroatoms. The Kier molecular flexibility index (Phi) is 4.89. The molecule has 0 radical (unpaired) electrons. The van der Waals surface area contributed by atoms with Gasteiger partial charge in [-0.1, -0.05) is 17.3 Å². The third-order valence-electron chi connectivity index (χ3n) is 4.74. The van der Waals surface area contributed by atoms with Gasteiger partial charge >= 0.3 is 6.36 Å². The first-order valence-corrected chi connectivity index (χ1v) is 10.1. The summed E-state index contributed by atoms with van der Waals surface area (Å²) in [7, 11) is 0. The molecule has 31 heavy (non-hydrogen) atoms. The number of alkyl halides is 3. The molecular formula is C20H15F3N4O3S. The highest BCUT2D eigenvalue weighted by atomic mass is 32.2. The van der Waals surface area contributed by atoms with E-state index in [4.69, 9.17) is 9.26 Å². The Bertz CT molecular complexity index is 1220. The maximum atomic E-state index is 12.7. The van der Waals surface area contributed by atoms with E-state index in [0.717, 1.165) is 29.5 Å². The van der Waals surface area contributed by atoms with Crippen LogP contribution in [0.2, 0.25) is 0 Å². The van der Waals surface area contributed by atoms with Crippen molar-refractivity contribution in [1.29, 1.82) is 0 Å². The van der Waals surface area contributed by atoms with E-state index in [2.05, 4.69) is 19.7 Å². The van der Waals surface area contributed by atoms with Crippen LogP contribution in [0.1, 0.15) is 11.1 Å². The smallest absolute Gasteiger partial charge is 0.492 e. The Hall–Kier alpha value is -3.34. The molecule has 7 nitrogen and oxygen atoms in total. The molecule has 0 unspecified atom stereocenters. The van der Waals surface area contributed by atoms with Crippen LogP contribution in [0.4, 0.5) is 19.0 Å². The number of hydrogen-bond acceptors (Lipinski definition) is 7. The van der Waals surface area contributed by atoms with Crippen molar-refractivity contribution in [2.24, 2.45) is 0 Å². The van der Waals surface area contributed by atoms with E-state index in [1.807, 2.05) is 23.0 Å². The predicted octanol–water partition coefficient (Wildman–Crippen LogP) is 5.03. The van der Waals surface area contributed by atoms with E-state index < -0.39 is 6.36 Å². The molecule has 0 saturated heterocycles. The van der Waals surface area contributed by atoms with Gasteiger partial charge in [-0.25, -0.2) is 0 Å². The minimum Gasteiger partial charge on any atom is -0.492 e. The lowest BCUT2D eigenvalue weighted by atomic mass is 10.0. The number of rotatable bonds is 6. The molecule has 0 spiro atoms. The van der Waals surface area contributed by atoms with Gasteiger partial charge in [0.25, 0.3) is 0 Å². The second kappa shape index (κ2) is 7.73. The summed E-state index contributed by atoms with van der Waals surface area (Å²) in [6.45, 7) is 1.09. The second-order valence-corrected chi connectivity index (χ2v) is 7.60. The van der Waals surface area contributed by atoms with Crippen LogP contribution in [-0.2, 0) is 13.0 Å². The molecule has 160 valence electrons. The first-order valence-electron chi connectivity index (χ1n) is 9.30. The lowest BCUT2D eigenvalue weighted by Crippen LogP contribution is -2.17. The molecule has 1 aliphatic heterocycles. The highest BCUT2D eigenvalue weighted by Gasteiger charge is 2.32. The number of para-hydroxylation sites is 1. The maximum Gasteiger partial charge on any atom is 0.573 e. The standard InChI is InChI=1S/C20H15F3N4O3S/c21-20(22,23)29-14-4-1-2-5-16(14)31-26-19-17-15(30-25-19)10-12(11-27-8-3-7-24-27)13-6-9-28-18(13)17/h1-5,7-8,10H,6,9,11H2,(H,25,26). The van der Waals surface area contributed by atoms with E-state index in [1.54, 1.807) is 12.3 Å². The summed E-state index contributed by atoms with van der Waals surface area (Å²) < 4.78 is 58.2. The average molecular weight is 448 g/mol. The number of ether oxygens (including phenoxy) is 2. The molecule has 1 aliphatic rings. The van der Waals surface area contributed by atoms with Crippen LogP contribution in [0, 0.1) is 0 Å². The van der Waals surface area contributed by atoms with Crippen LogP contribution in [0.15, 0.2) is 58.2 Å². The molecule has 2 aromatic carbocycles. The molecule has 0 aliphatic carbocycles. The molecule has 4 aromatic rings.